The fourth-order valence-corrected chi connectivity index (χ4v) is 2.73. The first-order chi connectivity index (χ1) is 15.6. The number of nitriles is 1. The monoisotopic (exact) mass is 452 g/mol. The number of aliphatic hydroxyl groups is 2. The summed E-state index contributed by atoms with van der Waals surface area (Å²) < 4.78 is 19.7. The van der Waals surface area contributed by atoms with Gasteiger partial charge in [-0.1, -0.05) is 12.1 Å². The number of halogens is 1. The van der Waals surface area contributed by atoms with Crippen LogP contribution in [-0.2, 0) is 0 Å². The number of hydrogen-bond donors (Lipinski definition) is 4. The number of anilines is 4. The van der Waals surface area contributed by atoms with Gasteiger partial charge in [-0.05, 0) is 44.5 Å². The number of ether oxygens (including phenoxy) is 1. The van der Waals surface area contributed by atoms with Crippen molar-refractivity contribution in [1.82, 2.24) is 15.0 Å². The van der Waals surface area contributed by atoms with E-state index in [9.17, 15) is 14.6 Å². The van der Waals surface area contributed by atoms with Crippen molar-refractivity contribution >= 4 is 23.1 Å². The number of aromatic nitrogens is 3. The van der Waals surface area contributed by atoms with Crippen LogP contribution < -0.4 is 15.4 Å². The maximum atomic E-state index is 14.3. The molecule has 9 nitrogen and oxygen atoms in total. The predicted octanol–water partition coefficient (Wildman–Crippen LogP) is 3.84. The molecule has 33 heavy (non-hydrogen) atoms. The Kier molecular flexibility index (Phi) is 7.37. The number of nitrogens with zero attached hydrogens (tertiary/aromatic N) is 4. The van der Waals surface area contributed by atoms with E-state index in [2.05, 4.69) is 25.6 Å². The first kappa shape index (κ1) is 23.8. The SMILES string of the molecule is CC(C#N)C(O)c1cccc(Nc2nc(Nc3ccc(OCC(C)(C)O)nc3)ncc2F)c1. The van der Waals surface area contributed by atoms with Crippen molar-refractivity contribution in [3.8, 4) is 11.9 Å². The average molecular weight is 452 g/mol. The number of aliphatic hydroxyl groups excluding tert-OH is 1. The van der Waals surface area contributed by atoms with E-state index in [1.165, 1.54) is 6.20 Å². The third-order valence-corrected chi connectivity index (χ3v) is 4.48. The van der Waals surface area contributed by atoms with E-state index in [1.807, 2.05) is 6.07 Å². The Morgan fingerprint density at radius 1 is 1.15 bits per heavy atom. The summed E-state index contributed by atoms with van der Waals surface area (Å²) in [5.41, 5.74) is 0.601. The molecule has 0 aliphatic rings. The average Bonchev–Trinajstić information content (AvgIpc) is 2.79. The lowest BCUT2D eigenvalue weighted by Gasteiger charge is -2.17. The van der Waals surface area contributed by atoms with Gasteiger partial charge in [0.1, 0.15) is 6.61 Å². The molecule has 0 saturated heterocycles. The Balaban J connectivity index is 1.71. The highest BCUT2D eigenvalue weighted by Crippen LogP contribution is 2.26. The molecule has 2 aromatic heterocycles. The van der Waals surface area contributed by atoms with Gasteiger partial charge in [-0.3, -0.25) is 0 Å². The molecule has 172 valence electrons. The van der Waals surface area contributed by atoms with Crippen molar-refractivity contribution in [2.24, 2.45) is 5.92 Å². The van der Waals surface area contributed by atoms with E-state index < -0.39 is 23.4 Å². The number of rotatable bonds is 9. The van der Waals surface area contributed by atoms with Crippen LogP contribution in [0.25, 0.3) is 0 Å². The Bertz CT molecular complexity index is 1130. The van der Waals surface area contributed by atoms with Crippen molar-refractivity contribution in [2.45, 2.75) is 32.5 Å². The summed E-state index contributed by atoms with van der Waals surface area (Å²) in [5, 5.41) is 34.8. The summed E-state index contributed by atoms with van der Waals surface area (Å²) in [6.45, 7) is 4.97. The molecule has 3 rings (SSSR count). The van der Waals surface area contributed by atoms with Crippen LogP contribution in [0.2, 0.25) is 0 Å². The Hall–Kier alpha value is -3.81. The van der Waals surface area contributed by atoms with Crippen molar-refractivity contribution in [1.29, 1.82) is 5.26 Å². The topological polar surface area (TPSA) is 136 Å². The van der Waals surface area contributed by atoms with Crippen molar-refractivity contribution < 1.29 is 19.3 Å². The minimum atomic E-state index is -0.977. The van der Waals surface area contributed by atoms with Crippen molar-refractivity contribution in [2.75, 3.05) is 17.2 Å². The van der Waals surface area contributed by atoms with E-state index in [1.54, 1.807) is 57.2 Å². The molecule has 2 heterocycles. The lowest BCUT2D eigenvalue weighted by molar-refractivity contribution is 0.0268. The molecular formula is C23H25FN6O3. The van der Waals surface area contributed by atoms with Crippen LogP contribution in [-0.4, -0.2) is 37.4 Å². The summed E-state index contributed by atoms with van der Waals surface area (Å²) in [6.07, 6.45) is 1.57. The van der Waals surface area contributed by atoms with Crippen LogP contribution >= 0.6 is 0 Å². The second-order valence-corrected chi connectivity index (χ2v) is 8.11. The molecule has 1 aromatic carbocycles. The summed E-state index contributed by atoms with van der Waals surface area (Å²) in [4.78, 5) is 12.3. The first-order valence-corrected chi connectivity index (χ1v) is 10.2. The molecule has 0 fully saturated rings. The highest BCUT2D eigenvalue weighted by Gasteiger charge is 2.17. The third-order valence-electron chi connectivity index (χ3n) is 4.48. The smallest absolute Gasteiger partial charge is 0.229 e. The molecule has 0 bridgehead atoms. The van der Waals surface area contributed by atoms with Gasteiger partial charge in [0.2, 0.25) is 11.8 Å². The molecule has 0 amide bonds. The zero-order valence-electron chi connectivity index (χ0n) is 18.5. The van der Waals surface area contributed by atoms with Crippen LogP contribution in [0, 0.1) is 23.1 Å². The van der Waals surface area contributed by atoms with Crippen molar-refractivity contribution in [3.05, 3.63) is 60.2 Å². The number of hydrogen-bond acceptors (Lipinski definition) is 9. The van der Waals surface area contributed by atoms with Gasteiger partial charge >= 0.3 is 0 Å². The largest absolute Gasteiger partial charge is 0.475 e. The lowest BCUT2D eigenvalue weighted by Crippen LogP contribution is -2.28. The molecule has 3 aromatic rings. The van der Waals surface area contributed by atoms with E-state index >= 15 is 0 Å². The summed E-state index contributed by atoms with van der Waals surface area (Å²) in [7, 11) is 0. The molecule has 0 radical (unpaired) electrons. The van der Waals surface area contributed by atoms with Gasteiger partial charge in [-0.15, -0.1) is 0 Å². The van der Waals surface area contributed by atoms with Crippen LogP contribution in [0.5, 0.6) is 5.88 Å². The molecule has 2 atom stereocenters. The first-order valence-electron chi connectivity index (χ1n) is 10.2. The van der Waals surface area contributed by atoms with Crippen LogP contribution in [0.4, 0.5) is 27.5 Å². The second-order valence-electron chi connectivity index (χ2n) is 8.11. The van der Waals surface area contributed by atoms with Crippen LogP contribution in [0.1, 0.15) is 32.4 Å². The van der Waals surface area contributed by atoms with E-state index in [0.29, 0.717) is 22.8 Å². The molecule has 2 unspecified atom stereocenters. The molecule has 0 aliphatic carbocycles. The minimum absolute atomic E-state index is 0.0643. The van der Waals surface area contributed by atoms with Gasteiger partial charge < -0.3 is 25.6 Å². The van der Waals surface area contributed by atoms with E-state index in [-0.39, 0.29) is 18.4 Å². The highest BCUT2D eigenvalue weighted by atomic mass is 19.1. The Morgan fingerprint density at radius 3 is 2.61 bits per heavy atom. The number of benzene rings is 1. The Morgan fingerprint density at radius 2 is 1.94 bits per heavy atom. The molecule has 4 N–H and O–H groups in total. The Labute approximate surface area is 190 Å². The van der Waals surface area contributed by atoms with Gasteiger partial charge in [-0.25, -0.2) is 14.4 Å². The normalized spacial score (nSPS) is 13.0. The van der Waals surface area contributed by atoms with Crippen LogP contribution in [0.15, 0.2) is 48.8 Å². The zero-order valence-corrected chi connectivity index (χ0v) is 18.5. The van der Waals surface area contributed by atoms with Gasteiger partial charge in [0, 0.05) is 11.8 Å². The minimum Gasteiger partial charge on any atom is -0.475 e. The second kappa shape index (κ2) is 10.2. The third kappa shape index (κ3) is 6.83. The fraction of sp³-hybridized carbons (Fsp3) is 0.304. The van der Waals surface area contributed by atoms with Crippen molar-refractivity contribution in [3.63, 3.8) is 0 Å². The van der Waals surface area contributed by atoms with Gasteiger partial charge in [-0.2, -0.15) is 10.2 Å². The van der Waals surface area contributed by atoms with Gasteiger partial charge in [0.05, 0.1) is 41.8 Å². The zero-order chi connectivity index (χ0) is 24.0. The highest BCUT2D eigenvalue weighted by molar-refractivity contribution is 5.60. The summed E-state index contributed by atoms with van der Waals surface area (Å²) >= 11 is 0. The quantitative estimate of drug-likeness (QED) is 0.382. The molecule has 0 spiro atoms. The number of pyridine rings is 1. The maximum Gasteiger partial charge on any atom is 0.229 e. The maximum absolute atomic E-state index is 14.3. The van der Waals surface area contributed by atoms with E-state index in [0.717, 1.165) is 6.20 Å². The fourth-order valence-electron chi connectivity index (χ4n) is 2.73. The van der Waals surface area contributed by atoms with Gasteiger partial charge in [0.15, 0.2) is 11.6 Å². The molecular weight excluding hydrogens is 427 g/mol. The molecule has 0 saturated carbocycles. The standard InChI is InChI=1S/C23H25FN6O3/c1-14(10-25)20(31)15-5-4-6-16(9-15)28-21-18(24)12-27-22(30-21)29-17-7-8-19(26-11-17)33-13-23(2,3)32/h4-9,11-12,14,20,31-32H,13H2,1-3H3,(H2,27,28,29,30). The summed E-state index contributed by atoms with van der Waals surface area (Å²) in [6, 6.07) is 12.0. The van der Waals surface area contributed by atoms with Gasteiger partial charge in [0.25, 0.3) is 0 Å². The number of nitrogens with one attached hydrogen (secondary N) is 2. The van der Waals surface area contributed by atoms with E-state index in [4.69, 9.17) is 10.00 Å². The predicted molar refractivity (Wildman–Crippen MR) is 121 cm³/mol. The molecule has 10 heteroatoms. The molecule has 0 aliphatic heterocycles. The summed E-state index contributed by atoms with van der Waals surface area (Å²) in [5.74, 6) is -0.832. The lowest BCUT2D eigenvalue weighted by atomic mass is 9.98. The van der Waals surface area contributed by atoms with Crippen LogP contribution in [0.3, 0.4) is 0 Å².